The van der Waals surface area contributed by atoms with Crippen LogP contribution in [0.2, 0.25) is 0 Å². The van der Waals surface area contributed by atoms with Crippen LogP contribution < -0.4 is 0 Å². The van der Waals surface area contributed by atoms with Gasteiger partial charge >= 0.3 is 0 Å². The molecule has 0 aliphatic carbocycles. The minimum atomic E-state index is 0.604. The first-order valence-corrected chi connectivity index (χ1v) is 22.2. The molecular formula is C57H33N5OS. The molecule has 4 aromatic heterocycles. The Balaban J connectivity index is 0.957. The fourth-order valence-electron chi connectivity index (χ4n) is 9.88. The zero-order valence-corrected chi connectivity index (χ0v) is 34.9. The zero-order chi connectivity index (χ0) is 41.9. The third-order valence-corrected chi connectivity index (χ3v) is 13.9. The van der Waals surface area contributed by atoms with E-state index in [1.54, 1.807) is 0 Å². The lowest BCUT2D eigenvalue weighted by Crippen LogP contribution is -2.06. The highest BCUT2D eigenvalue weighted by atomic mass is 32.2. The molecule has 64 heavy (non-hydrogen) atoms. The lowest BCUT2D eigenvalue weighted by atomic mass is 9.98. The van der Waals surface area contributed by atoms with E-state index in [9.17, 15) is 0 Å². The number of rotatable bonds is 5. The molecule has 0 radical (unpaired) electrons. The smallest absolute Gasteiger partial charge is 0.164 e. The summed E-state index contributed by atoms with van der Waals surface area (Å²) in [5.74, 6) is 1.83. The Morgan fingerprint density at radius 3 is 1.94 bits per heavy atom. The Bertz CT molecular complexity index is 4060. The summed E-state index contributed by atoms with van der Waals surface area (Å²) in [6.45, 7) is 0. The maximum Gasteiger partial charge on any atom is 0.164 e. The lowest BCUT2D eigenvalue weighted by molar-refractivity contribution is 0.669. The second-order valence-corrected chi connectivity index (χ2v) is 17.5. The van der Waals surface area contributed by atoms with Gasteiger partial charge in [0, 0.05) is 59.1 Å². The predicted octanol–water partition coefficient (Wildman–Crippen LogP) is 15.1. The third kappa shape index (κ3) is 5.25. The minimum absolute atomic E-state index is 0.604. The summed E-state index contributed by atoms with van der Waals surface area (Å²) in [5.41, 5.74) is 12.4. The molecule has 0 unspecified atom stereocenters. The van der Waals surface area contributed by atoms with Crippen molar-refractivity contribution in [2.24, 2.45) is 0 Å². The van der Waals surface area contributed by atoms with Gasteiger partial charge in [-0.1, -0.05) is 157 Å². The second kappa shape index (κ2) is 13.6. The zero-order valence-electron chi connectivity index (χ0n) is 34.1. The lowest BCUT2D eigenvalue weighted by Gasteiger charge is -2.21. The summed E-state index contributed by atoms with van der Waals surface area (Å²) in [6, 6.07) is 70.7. The number of hydrogen-bond acceptors (Lipinski definition) is 5. The van der Waals surface area contributed by atoms with Gasteiger partial charge in [0.2, 0.25) is 0 Å². The number of aromatic nitrogens is 5. The molecule has 0 N–H and O–H groups in total. The van der Waals surface area contributed by atoms with E-state index in [1.165, 1.54) is 42.5 Å². The van der Waals surface area contributed by atoms with E-state index in [0.29, 0.717) is 17.5 Å². The summed E-state index contributed by atoms with van der Waals surface area (Å²) in [7, 11) is 0. The van der Waals surface area contributed by atoms with Crippen molar-refractivity contribution in [1.29, 1.82) is 0 Å². The van der Waals surface area contributed by atoms with Gasteiger partial charge in [-0.05, 0) is 76.5 Å². The molecule has 5 heterocycles. The monoisotopic (exact) mass is 835 g/mol. The Hall–Kier alpha value is -8.26. The number of furan rings is 1. The van der Waals surface area contributed by atoms with Gasteiger partial charge in [0.25, 0.3) is 0 Å². The van der Waals surface area contributed by atoms with Gasteiger partial charge in [-0.25, -0.2) is 15.0 Å². The Morgan fingerprint density at radius 2 is 1.05 bits per heavy atom. The van der Waals surface area contributed by atoms with E-state index in [4.69, 9.17) is 19.4 Å². The van der Waals surface area contributed by atoms with Crippen LogP contribution in [0.3, 0.4) is 0 Å². The Morgan fingerprint density at radius 1 is 0.406 bits per heavy atom. The highest BCUT2D eigenvalue weighted by Crippen LogP contribution is 2.49. The second-order valence-electron chi connectivity index (χ2n) is 16.4. The average Bonchev–Trinajstić information content (AvgIpc) is 4.03. The summed E-state index contributed by atoms with van der Waals surface area (Å²) in [4.78, 5) is 18.2. The summed E-state index contributed by atoms with van der Waals surface area (Å²) >= 11 is 1.84. The van der Waals surface area contributed by atoms with Crippen molar-refractivity contribution in [3.8, 4) is 56.7 Å². The van der Waals surface area contributed by atoms with Crippen LogP contribution in [-0.2, 0) is 0 Å². The molecule has 0 bridgehead atoms. The van der Waals surface area contributed by atoms with Crippen LogP contribution in [0.15, 0.2) is 214 Å². The van der Waals surface area contributed by atoms with Gasteiger partial charge in [-0.2, -0.15) is 0 Å². The van der Waals surface area contributed by atoms with Crippen molar-refractivity contribution >= 4 is 77.3 Å². The van der Waals surface area contributed by atoms with Gasteiger partial charge < -0.3 is 4.42 Å². The number of para-hydroxylation sites is 4. The van der Waals surface area contributed by atoms with E-state index in [1.807, 2.05) is 30.0 Å². The summed E-state index contributed by atoms with van der Waals surface area (Å²) < 4.78 is 11.1. The summed E-state index contributed by atoms with van der Waals surface area (Å²) in [6.07, 6.45) is 0. The molecule has 1 aliphatic heterocycles. The Labute approximate surface area is 370 Å². The first kappa shape index (κ1) is 35.3. The van der Waals surface area contributed by atoms with Crippen molar-refractivity contribution in [1.82, 2.24) is 24.1 Å². The minimum Gasteiger partial charge on any atom is -0.456 e. The molecule has 13 aromatic rings. The molecule has 6 nitrogen and oxygen atoms in total. The van der Waals surface area contributed by atoms with E-state index >= 15 is 0 Å². The SMILES string of the molecule is c1cc(-c2nc(-c3ccc(-c4cccc5oc6ccccc6c45)cc3)nc(-c3ccc4ccccc4c3)n2)cc(-n2c3ccccc3c3c4cccc5c4n(c32)-c2ccccc2S5)c1. The van der Waals surface area contributed by atoms with Crippen LogP contribution in [-0.4, -0.2) is 24.1 Å². The van der Waals surface area contributed by atoms with Gasteiger partial charge in [-0.15, -0.1) is 0 Å². The van der Waals surface area contributed by atoms with Crippen molar-refractivity contribution < 1.29 is 4.42 Å². The first-order valence-electron chi connectivity index (χ1n) is 21.4. The van der Waals surface area contributed by atoms with Gasteiger partial charge in [0.15, 0.2) is 17.5 Å². The van der Waals surface area contributed by atoms with E-state index in [0.717, 1.165) is 72.0 Å². The third-order valence-electron chi connectivity index (χ3n) is 12.7. The molecule has 0 saturated heterocycles. The molecule has 0 fully saturated rings. The quantitative estimate of drug-likeness (QED) is 0.173. The van der Waals surface area contributed by atoms with Gasteiger partial charge in [-0.3, -0.25) is 9.13 Å². The van der Waals surface area contributed by atoms with Crippen LogP contribution in [0.5, 0.6) is 0 Å². The molecule has 0 amide bonds. The molecule has 0 spiro atoms. The van der Waals surface area contributed by atoms with Crippen LogP contribution >= 0.6 is 11.8 Å². The number of benzene rings is 9. The maximum atomic E-state index is 6.24. The van der Waals surface area contributed by atoms with Crippen molar-refractivity contribution in [3.63, 3.8) is 0 Å². The van der Waals surface area contributed by atoms with E-state index in [2.05, 4.69) is 191 Å². The van der Waals surface area contributed by atoms with Gasteiger partial charge in [0.05, 0.1) is 16.7 Å². The van der Waals surface area contributed by atoms with Crippen LogP contribution in [0.1, 0.15) is 0 Å². The largest absolute Gasteiger partial charge is 0.456 e. The molecular weight excluding hydrogens is 803 g/mol. The van der Waals surface area contributed by atoms with Crippen LogP contribution in [0.4, 0.5) is 0 Å². The average molecular weight is 836 g/mol. The number of fused-ring (bicyclic) bond motifs is 11. The predicted molar refractivity (Wildman–Crippen MR) is 262 cm³/mol. The highest BCUT2D eigenvalue weighted by Gasteiger charge is 2.28. The number of nitrogens with zero attached hydrogens (tertiary/aromatic N) is 5. The fraction of sp³-hybridized carbons (Fsp3) is 0. The fourth-order valence-corrected chi connectivity index (χ4v) is 11.0. The standard InChI is InChI=1S/C57H33N5OS/c1-2-13-37-32-39(31-26-34(37)12-1)56-59-54(36-29-27-35(28-30-36)41-18-10-23-48-51(41)43-17-4-7-22-47(43)63-48)58-55(60-56)38-14-9-15-40(33-38)61-45-20-5-3-16-42(45)52-44-19-11-25-50-53(44)62(57(52)61)46-21-6-8-24-49(46)64-50/h1-33H. The molecule has 1 aliphatic rings. The van der Waals surface area contributed by atoms with Crippen LogP contribution in [0.25, 0.3) is 122 Å². The molecule has 7 heteroatoms. The first-order chi connectivity index (χ1) is 31.7. The summed E-state index contributed by atoms with van der Waals surface area (Å²) in [5, 5.41) is 8.23. The van der Waals surface area contributed by atoms with Gasteiger partial charge in [0.1, 0.15) is 16.8 Å². The molecule has 9 aromatic carbocycles. The van der Waals surface area contributed by atoms with Crippen molar-refractivity contribution in [3.05, 3.63) is 200 Å². The van der Waals surface area contributed by atoms with E-state index in [-0.39, 0.29) is 0 Å². The highest BCUT2D eigenvalue weighted by molar-refractivity contribution is 7.99. The van der Waals surface area contributed by atoms with Crippen molar-refractivity contribution in [2.45, 2.75) is 9.79 Å². The molecule has 14 rings (SSSR count). The normalized spacial score (nSPS) is 12.3. The molecule has 0 atom stereocenters. The molecule has 298 valence electrons. The van der Waals surface area contributed by atoms with Crippen LogP contribution in [0, 0.1) is 0 Å². The van der Waals surface area contributed by atoms with E-state index < -0.39 is 0 Å². The molecule has 0 saturated carbocycles. The van der Waals surface area contributed by atoms with Crippen molar-refractivity contribution in [2.75, 3.05) is 0 Å². The number of hydrogen-bond donors (Lipinski definition) is 0. The maximum absolute atomic E-state index is 6.24. The Kier molecular flexibility index (Phi) is 7.52. The topological polar surface area (TPSA) is 61.7 Å².